The van der Waals surface area contributed by atoms with Gasteiger partial charge in [-0.15, -0.1) is 0 Å². The van der Waals surface area contributed by atoms with E-state index in [2.05, 4.69) is 0 Å². The van der Waals surface area contributed by atoms with Crippen LogP contribution < -0.4 is 0 Å². The number of benzene rings is 3. The maximum absolute atomic E-state index is 13.3. The van der Waals surface area contributed by atoms with Gasteiger partial charge >= 0.3 is 12.4 Å². The quantitative estimate of drug-likeness (QED) is 0.177. The molecule has 16 heteroatoms. The van der Waals surface area contributed by atoms with Gasteiger partial charge in [0, 0.05) is 18.0 Å². The van der Waals surface area contributed by atoms with Gasteiger partial charge in [-0.05, 0) is 65.7 Å². The van der Waals surface area contributed by atoms with E-state index in [1.54, 1.807) is 0 Å². The van der Waals surface area contributed by atoms with Crippen molar-refractivity contribution in [2.75, 3.05) is 26.3 Å². The molecule has 1 aliphatic rings. The van der Waals surface area contributed by atoms with Crippen LogP contribution in [0.1, 0.15) is 28.7 Å². The summed E-state index contributed by atoms with van der Waals surface area (Å²) in [5.41, 5.74) is -4.61. The molecule has 0 unspecified atom stereocenters. The van der Waals surface area contributed by atoms with E-state index >= 15 is 0 Å². The Morgan fingerprint density at radius 2 is 1.50 bits per heavy atom. The summed E-state index contributed by atoms with van der Waals surface area (Å²) in [6.07, 6.45) is -11.1. The van der Waals surface area contributed by atoms with E-state index in [1.165, 1.54) is 47.4 Å². The Balaban J connectivity index is 1.60. The highest BCUT2D eigenvalue weighted by molar-refractivity contribution is 7.86. The Morgan fingerprint density at radius 1 is 0.886 bits per heavy atom. The number of nitrogens with zero attached hydrogens (tertiary/aromatic N) is 1. The summed E-state index contributed by atoms with van der Waals surface area (Å²) in [5.74, 6) is -0.778. The number of hydrogen-bond donors (Lipinski definition) is 0. The van der Waals surface area contributed by atoms with Gasteiger partial charge in [0.1, 0.15) is 5.60 Å². The summed E-state index contributed by atoms with van der Waals surface area (Å²) in [4.78, 5) is 14.4. The third-order valence-corrected chi connectivity index (χ3v) is 9.15. The summed E-state index contributed by atoms with van der Waals surface area (Å²) in [7, 11) is -4.23. The maximum Gasteiger partial charge on any atom is 0.416 e. The molecular formula is C28H22Cl3F6NO5S. The zero-order valence-corrected chi connectivity index (χ0v) is 25.4. The second-order valence-electron chi connectivity index (χ2n) is 9.86. The van der Waals surface area contributed by atoms with Gasteiger partial charge in [-0.2, -0.15) is 34.8 Å². The summed E-state index contributed by atoms with van der Waals surface area (Å²) >= 11 is 18.1. The first-order valence-electron chi connectivity index (χ1n) is 12.7. The van der Waals surface area contributed by atoms with Crippen LogP contribution in [-0.2, 0) is 48.2 Å². The molecule has 3 aromatic carbocycles. The van der Waals surface area contributed by atoms with Gasteiger partial charge in [-0.25, -0.2) is 0 Å². The van der Waals surface area contributed by atoms with E-state index in [4.69, 9.17) is 43.7 Å². The van der Waals surface area contributed by atoms with Crippen molar-refractivity contribution in [2.24, 2.45) is 0 Å². The minimum atomic E-state index is -5.08. The minimum Gasteiger partial charge on any atom is -0.366 e. The summed E-state index contributed by atoms with van der Waals surface area (Å²) in [6, 6.07) is 10.7. The number of amides is 1. The molecular weight excluding hydrogens is 683 g/mol. The fraction of sp³-hybridized carbons (Fsp3) is 0.321. The number of carbonyl (C=O) groups is 1. The molecule has 44 heavy (non-hydrogen) atoms. The van der Waals surface area contributed by atoms with Crippen LogP contribution in [0.5, 0.6) is 0 Å². The van der Waals surface area contributed by atoms with Gasteiger partial charge in [0.15, 0.2) is 0 Å². The third kappa shape index (κ3) is 8.18. The average Bonchev–Trinajstić information content (AvgIpc) is 2.93. The van der Waals surface area contributed by atoms with Gasteiger partial charge < -0.3 is 9.64 Å². The number of morpholine rings is 1. The lowest BCUT2D eigenvalue weighted by Crippen LogP contribution is -2.52. The van der Waals surface area contributed by atoms with E-state index in [0.717, 1.165) is 0 Å². The maximum atomic E-state index is 13.3. The van der Waals surface area contributed by atoms with Crippen LogP contribution in [0.3, 0.4) is 0 Å². The van der Waals surface area contributed by atoms with Crippen molar-refractivity contribution in [1.29, 1.82) is 0 Å². The van der Waals surface area contributed by atoms with Gasteiger partial charge in [-0.3, -0.25) is 8.98 Å². The topological polar surface area (TPSA) is 72.9 Å². The van der Waals surface area contributed by atoms with Crippen LogP contribution in [0, 0.1) is 0 Å². The van der Waals surface area contributed by atoms with Crippen LogP contribution in [0.4, 0.5) is 26.3 Å². The van der Waals surface area contributed by atoms with Crippen molar-refractivity contribution >= 4 is 50.8 Å². The second kappa shape index (κ2) is 13.1. The number of ether oxygens (including phenoxy) is 1. The van der Waals surface area contributed by atoms with E-state index in [-0.39, 0.29) is 47.1 Å². The van der Waals surface area contributed by atoms with Crippen molar-refractivity contribution in [1.82, 2.24) is 4.90 Å². The van der Waals surface area contributed by atoms with E-state index < -0.39 is 63.7 Å². The molecule has 0 spiro atoms. The van der Waals surface area contributed by atoms with Gasteiger partial charge in [0.2, 0.25) is 5.91 Å². The predicted octanol–water partition coefficient (Wildman–Crippen LogP) is 7.78. The van der Waals surface area contributed by atoms with Crippen LogP contribution in [0.15, 0.2) is 65.6 Å². The summed E-state index contributed by atoms with van der Waals surface area (Å²) < 4.78 is 117. The van der Waals surface area contributed by atoms with Gasteiger partial charge in [0.25, 0.3) is 10.1 Å². The molecule has 1 saturated heterocycles. The van der Waals surface area contributed by atoms with Gasteiger partial charge in [0.05, 0.1) is 52.2 Å². The smallest absolute Gasteiger partial charge is 0.366 e. The number of rotatable bonds is 8. The molecule has 0 N–H and O–H groups in total. The Morgan fingerprint density at radius 3 is 2.07 bits per heavy atom. The van der Waals surface area contributed by atoms with Crippen LogP contribution in [0.2, 0.25) is 15.1 Å². The first-order chi connectivity index (χ1) is 20.4. The SMILES string of the molecule is O=C(Cc1cc(C(F)(F)F)cc(C(F)(F)F)c1)N1CCO[C@](CCOS(=O)(=O)c2ccc(Cl)cc2)(c2ccc(Cl)c(Cl)c2)C1. The van der Waals surface area contributed by atoms with Crippen molar-refractivity contribution in [3.63, 3.8) is 0 Å². The highest BCUT2D eigenvalue weighted by Crippen LogP contribution is 2.39. The Kier molecular flexibility index (Phi) is 10.2. The first kappa shape index (κ1) is 34.3. The van der Waals surface area contributed by atoms with Crippen LogP contribution >= 0.6 is 34.8 Å². The lowest BCUT2D eigenvalue weighted by molar-refractivity contribution is -0.155. The molecule has 1 heterocycles. The fourth-order valence-electron chi connectivity index (χ4n) is 4.64. The largest absolute Gasteiger partial charge is 0.416 e. The molecule has 1 amide bonds. The van der Waals surface area contributed by atoms with E-state index in [9.17, 15) is 39.6 Å². The van der Waals surface area contributed by atoms with E-state index in [1.807, 2.05) is 0 Å². The van der Waals surface area contributed by atoms with Crippen molar-refractivity contribution < 1.29 is 48.5 Å². The number of hydrogen-bond acceptors (Lipinski definition) is 5. The molecule has 0 radical (unpaired) electrons. The monoisotopic (exact) mass is 703 g/mol. The molecule has 1 atom stereocenters. The predicted molar refractivity (Wildman–Crippen MR) is 150 cm³/mol. The molecule has 1 aliphatic heterocycles. The molecule has 3 aromatic rings. The van der Waals surface area contributed by atoms with Crippen molar-refractivity contribution in [2.45, 2.75) is 35.7 Å². The number of halogens is 9. The first-order valence-corrected chi connectivity index (χ1v) is 15.2. The molecule has 0 aromatic heterocycles. The third-order valence-electron chi connectivity index (χ3n) is 6.83. The zero-order chi connectivity index (χ0) is 32.5. The average molecular weight is 705 g/mol. The summed E-state index contributed by atoms with van der Waals surface area (Å²) in [5, 5.41) is 0.623. The molecule has 4 rings (SSSR count). The lowest BCUT2D eigenvalue weighted by atomic mass is 9.88. The van der Waals surface area contributed by atoms with Crippen LogP contribution in [0.25, 0.3) is 0 Å². The Bertz CT molecular complexity index is 1600. The molecule has 0 saturated carbocycles. The fourth-order valence-corrected chi connectivity index (χ4v) is 5.97. The number of alkyl halides is 6. The highest BCUT2D eigenvalue weighted by Gasteiger charge is 2.41. The highest BCUT2D eigenvalue weighted by atomic mass is 35.5. The summed E-state index contributed by atoms with van der Waals surface area (Å²) in [6.45, 7) is -0.835. The normalized spacial score (nSPS) is 18.0. The zero-order valence-electron chi connectivity index (χ0n) is 22.3. The van der Waals surface area contributed by atoms with Crippen LogP contribution in [-0.4, -0.2) is 45.5 Å². The molecule has 1 fully saturated rings. The van der Waals surface area contributed by atoms with Gasteiger partial charge in [-0.1, -0.05) is 40.9 Å². The second-order valence-corrected chi connectivity index (χ2v) is 12.7. The lowest BCUT2D eigenvalue weighted by Gasteiger charge is -2.43. The van der Waals surface area contributed by atoms with Crippen molar-refractivity contribution in [3.05, 3.63) is 98.0 Å². The Labute approximate surface area is 263 Å². The molecule has 6 nitrogen and oxygen atoms in total. The standard InChI is InChI=1S/C28H22Cl3F6NO5S/c29-21-2-4-22(5-3-21)44(40,41)43-9-7-26(18-1-6-23(30)24(31)15-18)16-38(8-10-42-26)25(39)13-17-11-19(27(32,33)34)14-20(12-17)28(35,36)37/h1-6,11-12,14-15H,7-10,13,16H2/t26-/m0/s1. The van der Waals surface area contributed by atoms with Crippen molar-refractivity contribution in [3.8, 4) is 0 Å². The molecule has 238 valence electrons. The molecule has 0 aliphatic carbocycles. The number of carbonyl (C=O) groups excluding carboxylic acids is 1. The minimum absolute atomic E-state index is 0.0178. The molecule has 0 bridgehead atoms. The Hall–Kier alpha value is -2.55. The van der Waals surface area contributed by atoms with E-state index in [0.29, 0.717) is 22.7 Å².